The molecule has 0 saturated heterocycles. The number of aryl methyl sites for hydroxylation is 1. The van der Waals surface area contributed by atoms with Crippen LogP contribution in [-0.4, -0.2) is 15.8 Å². The van der Waals surface area contributed by atoms with Crippen molar-refractivity contribution in [3.63, 3.8) is 0 Å². The van der Waals surface area contributed by atoms with Gasteiger partial charge in [-0.2, -0.15) is 5.10 Å². The molecule has 0 unspecified atom stereocenters. The maximum Gasteiger partial charge on any atom is 0.224 e. The van der Waals surface area contributed by atoms with Crippen molar-refractivity contribution in [1.82, 2.24) is 9.55 Å². The van der Waals surface area contributed by atoms with Crippen LogP contribution in [0.4, 0.5) is 5.95 Å². The molecule has 29 heavy (non-hydrogen) atoms. The van der Waals surface area contributed by atoms with Gasteiger partial charge in [0, 0.05) is 17.6 Å². The van der Waals surface area contributed by atoms with E-state index in [1.165, 1.54) is 0 Å². The number of halogens is 2. The van der Waals surface area contributed by atoms with Gasteiger partial charge in [-0.05, 0) is 57.9 Å². The first-order valence-corrected chi connectivity index (χ1v) is 10.2. The molecule has 0 aliphatic rings. The lowest BCUT2D eigenvalue weighted by atomic mass is 10.2. The minimum Gasteiger partial charge on any atom is -0.488 e. The number of ether oxygens (including phenoxy) is 1. The van der Waals surface area contributed by atoms with E-state index in [2.05, 4.69) is 31.4 Å². The molecule has 0 radical (unpaired) electrons. The zero-order chi connectivity index (χ0) is 20.2. The second-order valence-electron chi connectivity index (χ2n) is 6.42. The summed E-state index contributed by atoms with van der Waals surface area (Å²) in [4.78, 5) is 4.53. The van der Waals surface area contributed by atoms with Gasteiger partial charge in [-0.25, -0.2) is 10.4 Å². The minimum atomic E-state index is 0.403. The van der Waals surface area contributed by atoms with E-state index in [0.717, 1.165) is 32.4 Å². The molecule has 0 aliphatic carbocycles. The number of aromatic nitrogens is 2. The van der Waals surface area contributed by atoms with E-state index in [0.29, 0.717) is 17.6 Å². The van der Waals surface area contributed by atoms with Crippen molar-refractivity contribution in [3.8, 4) is 5.75 Å². The van der Waals surface area contributed by atoms with Crippen LogP contribution in [0.5, 0.6) is 5.75 Å². The molecule has 1 N–H and O–H groups in total. The highest BCUT2D eigenvalue weighted by molar-refractivity contribution is 9.10. The van der Waals surface area contributed by atoms with Crippen molar-refractivity contribution in [2.24, 2.45) is 12.1 Å². The summed E-state index contributed by atoms with van der Waals surface area (Å²) >= 11 is 9.73. The largest absolute Gasteiger partial charge is 0.488 e. The van der Waals surface area contributed by atoms with E-state index in [4.69, 9.17) is 16.3 Å². The van der Waals surface area contributed by atoms with Gasteiger partial charge >= 0.3 is 0 Å². The molecule has 1 heterocycles. The first-order chi connectivity index (χ1) is 14.1. The average Bonchev–Trinajstić information content (AvgIpc) is 3.04. The molecule has 3 aromatic carbocycles. The summed E-state index contributed by atoms with van der Waals surface area (Å²) in [5, 5.41) is 5.00. The molecule has 5 nitrogen and oxygen atoms in total. The van der Waals surface area contributed by atoms with E-state index in [1.54, 1.807) is 6.21 Å². The fraction of sp³-hybridized carbons (Fsp3) is 0.0909. The fourth-order valence-corrected chi connectivity index (χ4v) is 3.60. The molecule has 0 amide bonds. The Morgan fingerprint density at radius 3 is 2.72 bits per heavy atom. The Morgan fingerprint density at radius 2 is 1.93 bits per heavy atom. The van der Waals surface area contributed by atoms with Crippen LogP contribution in [0.1, 0.15) is 11.1 Å². The zero-order valence-electron chi connectivity index (χ0n) is 15.6. The number of imidazole rings is 1. The Hall–Kier alpha value is -2.83. The van der Waals surface area contributed by atoms with Crippen LogP contribution in [-0.2, 0) is 13.7 Å². The third-order valence-corrected chi connectivity index (χ3v) is 5.45. The van der Waals surface area contributed by atoms with Gasteiger partial charge in [0.1, 0.15) is 12.4 Å². The number of hydrogen-bond acceptors (Lipinski definition) is 4. The maximum absolute atomic E-state index is 6.18. The smallest absolute Gasteiger partial charge is 0.224 e. The third kappa shape index (κ3) is 4.44. The molecule has 0 fully saturated rings. The minimum absolute atomic E-state index is 0.403. The lowest BCUT2D eigenvalue weighted by molar-refractivity contribution is 0.304. The maximum atomic E-state index is 6.18. The summed E-state index contributed by atoms with van der Waals surface area (Å²) < 4.78 is 8.69. The van der Waals surface area contributed by atoms with Crippen LogP contribution in [0.3, 0.4) is 0 Å². The Labute approximate surface area is 182 Å². The van der Waals surface area contributed by atoms with Gasteiger partial charge in [0.15, 0.2) is 0 Å². The normalized spacial score (nSPS) is 11.3. The quantitative estimate of drug-likeness (QED) is 0.278. The van der Waals surface area contributed by atoms with E-state index in [-0.39, 0.29) is 0 Å². The molecule has 0 aliphatic heterocycles. The SMILES string of the molecule is Cn1c(N/N=C\c2ccc(OCc3ccccc3Cl)c(Br)c2)nc2ccccc21. The predicted molar refractivity (Wildman–Crippen MR) is 122 cm³/mol. The number of rotatable bonds is 6. The van der Waals surface area contributed by atoms with Gasteiger partial charge in [0.25, 0.3) is 0 Å². The molecule has 0 atom stereocenters. The Balaban J connectivity index is 1.42. The Bertz CT molecular complexity index is 1190. The topological polar surface area (TPSA) is 51.4 Å². The molecule has 0 spiro atoms. The van der Waals surface area contributed by atoms with Gasteiger partial charge in [-0.1, -0.05) is 41.9 Å². The Kier molecular flexibility index (Phi) is 5.83. The average molecular weight is 470 g/mol. The monoisotopic (exact) mass is 468 g/mol. The summed E-state index contributed by atoms with van der Waals surface area (Å²) in [6, 6.07) is 21.4. The molecule has 7 heteroatoms. The van der Waals surface area contributed by atoms with E-state index in [9.17, 15) is 0 Å². The molecule has 146 valence electrons. The van der Waals surface area contributed by atoms with E-state index >= 15 is 0 Å². The van der Waals surface area contributed by atoms with Gasteiger partial charge < -0.3 is 9.30 Å². The first kappa shape index (κ1) is 19.5. The first-order valence-electron chi connectivity index (χ1n) is 8.98. The number of benzene rings is 3. The molecule has 0 bridgehead atoms. The highest BCUT2D eigenvalue weighted by Crippen LogP contribution is 2.27. The summed E-state index contributed by atoms with van der Waals surface area (Å²) in [6.45, 7) is 0.403. The fourth-order valence-electron chi connectivity index (χ4n) is 2.90. The van der Waals surface area contributed by atoms with Crippen molar-refractivity contribution in [2.45, 2.75) is 6.61 Å². The van der Waals surface area contributed by atoms with Crippen LogP contribution >= 0.6 is 27.5 Å². The molecule has 1 aromatic heterocycles. The second-order valence-corrected chi connectivity index (χ2v) is 7.68. The van der Waals surface area contributed by atoms with Crippen LogP contribution in [0.15, 0.2) is 76.3 Å². The third-order valence-electron chi connectivity index (χ3n) is 4.46. The zero-order valence-corrected chi connectivity index (χ0v) is 18.0. The molecule has 0 saturated carbocycles. The molecular formula is C22H18BrClN4O. The van der Waals surface area contributed by atoms with Gasteiger partial charge in [-0.3, -0.25) is 0 Å². The van der Waals surface area contributed by atoms with E-state index in [1.807, 2.05) is 78.3 Å². The van der Waals surface area contributed by atoms with Crippen molar-refractivity contribution >= 4 is 50.7 Å². The van der Waals surface area contributed by atoms with Crippen LogP contribution < -0.4 is 10.2 Å². The van der Waals surface area contributed by atoms with Gasteiger partial charge in [0.2, 0.25) is 5.95 Å². The molecule has 4 rings (SSSR count). The number of nitrogens with one attached hydrogen (secondary N) is 1. The number of anilines is 1. The Morgan fingerprint density at radius 1 is 1.14 bits per heavy atom. The summed E-state index contributed by atoms with van der Waals surface area (Å²) in [5.74, 6) is 1.42. The predicted octanol–water partition coefficient (Wildman–Crippen LogP) is 6.01. The van der Waals surface area contributed by atoms with Crippen molar-refractivity contribution < 1.29 is 4.74 Å². The highest BCUT2D eigenvalue weighted by Gasteiger charge is 2.06. The summed E-state index contributed by atoms with van der Waals surface area (Å²) in [5.41, 5.74) is 6.84. The lowest BCUT2D eigenvalue weighted by Crippen LogP contribution is -1.99. The molecule has 4 aromatic rings. The molecular weight excluding hydrogens is 452 g/mol. The number of para-hydroxylation sites is 2. The van der Waals surface area contributed by atoms with Gasteiger partial charge in [-0.15, -0.1) is 0 Å². The second kappa shape index (κ2) is 8.68. The van der Waals surface area contributed by atoms with Crippen molar-refractivity contribution in [3.05, 3.63) is 87.4 Å². The van der Waals surface area contributed by atoms with E-state index < -0.39 is 0 Å². The number of fused-ring (bicyclic) bond motifs is 1. The summed E-state index contributed by atoms with van der Waals surface area (Å²) in [7, 11) is 1.95. The summed E-state index contributed by atoms with van der Waals surface area (Å²) in [6.07, 6.45) is 1.74. The van der Waals surface area contributed by atoms with Gasteiger partial charge in [0.05, 0.1) is 21.7 Å². The van der Waals surface area contributed by atoms with Crippen LogP contribution in [0.2, 0.25) is 5.02 Å². The highest BCUT2D eigenvalue weighted by atomic mass is 79.9. The van der Waals surface area contributed by atoms with Crippen molar-refractivity contribution in [2.75, 3.05) is 5.43 Å². The standard InChI is InChI=1S/C22H18BrClN4O/c1-28-20-9-5-4-8-19(20)26-22(28)27-25-13-15-10-11-21(17(23)12-15)29-14-16-6-2-3-7-18(16)24/h2-13H,14H2,1H3,(H,26,27)/b25-13-. The lowest BCUT2D eigenvalue weighted by Gasteiger charge is -2.10. The van der Waals surface area contributed by atoms with Crippen molar-refractivity contribution in [1.29, 1.82) is 0 Å². The van der Waals surface area contributed by atoms with Crippen LogP contribution in [0.25, 0.3) is 11.0 Å². The number of hydrogen-bond donors (Lipinski definition) is 1. The number of nitrogens with zero attached hydrogens (tertiary/aromatic N) is 3. The van der Waals surface area contributed by atoms with Crippen LogP contribution in [0, 0.1) is 0 Å². The number of hydrazone groups is 1.